The minimum Gasteiger partial charge on any atom is -0.310 e. The molecule has 0 heterocycles. The van der Waals surface area contributed by atoms with E-state index in [-0.39, 0.29) is 0 Å². The van der Waals surface area contributed by atoms with E-state index < -0.39 is 5.54 Å². The van der Waals surface area contributed by atoms with Gasteiger partial charge in [0.05, 0.1) is 6.07 Å². The van der Waals surface area contributed by atoms with Crippen LogP contribution in [0.4, 0.5) is 0 Å². The lowest BCUT2D eigenvalue weighted by Gasteiger charge is -2.29. The van der Waals surface area contributed by atoms with Crippen LogP contribution < -0.4 is 5.73 Å². The highest BCUT2D eigenvalue weighted by Crippen LogP contribution is 2.35. The Balaban J connectivity index is 1.97. The summed E-state index contributed by atoms with van der Waals surface area (Å²) in [6, 6.07) is 12.6. The molecule has 1 aliphatic rings. The van der Waals surface area contributed by atoms with E-state index >= 15 is 0 Å². The van der Waals surface area contributed by atoms with Crippen LogP contribution in [0.3, 0.4) is 0 Å². The fourth-order valence-electron chi connectivity index (χ4n) is 2.50. The van der Waals surface area contributed by atoms with Crippen LogP contribution in [0.2, 0.25) is 0 Å². The molecule has 0 spiro atoms. The van der Waals surface area contributed by atoms with Crippen LogP contribution in [0.1, 0.15) is 31.7 Å². The van der Waals surface area contributed by atoms with Crippen molar-refractivity contribution in [3.63, 3.8) is 0 Å². The molecule has 3 nitrogen and oxygen atoms in total. The van der Waals surface area contributed by atoms with Crippen molar-refractivity contribution in [2.24, 2.45) is 11.7 Å². The van der Waals surface area contributed by atoms with Gasteiger partial charge in [-0.05, 0) is 44.7 Å². The van der Waals surface area contributed by atoms with Gasteiger partial charge >= 0.3 is 0 Å². The van der Waals surface area contributed by atoms with Gasteiger partial charge in [0.15, 0.2) is 0 Å². The lowest BCUT2D eigenvalue weighted by molar-refractivity contribution is 0.219. The van der Waals surface area contributed by atoms with Crippen molar-refractivity contribution in [2.75, 3.05) is 13.6 Å². The highest BCUT2D eigenvalue weighted by atomic mass is 15.1. The third-order valence-electron chi connectivity index (χ3n) is 4.35. The Morgan fingerprint density at radius 2 is 2.05 bits per heavy atom. The van der Waals surface area contributed by atoms with Gasteiger partial charge in [0.1, 0.15) is 5.54 Å². The van der Waals surface area contributed by atoms with E-state index in [4.69, 9.17) is 5.73 Å². The molecule has 19 heavy (non-hydrogen) atoms. The van der Waals surface area contributed by atoms with Gasteiger partial charge in [0.25, 0.3) is 0 Å². The SMILES string of the molecule is CC(C1CC1)N(C)CCC(N)(C#N)c1ccccc1. The average Bonchev–Trinajstić information content (AvgIpc) is 3.29. The maximum Gasteiger partial charge on any atom is 0.131 e. The summed E-state index contributed by atoms with van der Waals surface area (Å²) in [5, 5.41) is 9.42. The maximum absolute atomic E-state index is 9.42. The largest absolute Gasteiger partial charge is 0.310 e. The molecule has 2 atom stereocenters. The number of nitrogens with two attached hydrogens (primary N) is 1. The van der Waals surface area contributed by atoms with Crippen LogP contribution in [0, 0.1) is 17.2 Å². The van der Waals surface area contributed by atoms with E-state index in [1.807, 2.05) is 30.3 Å². The van der Waals surface area contributed by atoms with Crippen molar-refractivity contribution in [3.8, 4) is 6.07 Å². The van der Waals surface area contributed by atoms with Crippen molar-refractivity contribution in [3.05, 3.63) is 35.9 Å². The van der Waals surface area contributed by atoms with Crippen LogP contribution in [0.15, 0.2) is 30.3 Å². The lowest BCUT2D eigenvalue weighted by atomic mass is 9.89. The minimum atomic E-state index is -0.876. The summed E-state index contributed by atoms with van der Waals surface area (Å²) in [7, 11) is 2.13. The second-order valence-electron chi connectivity index (χ2n) is 5.76. The van der Waals surface area contributed by atoms with Gasteiger partial charge in [-0.25, -0.2) is 0 Å². The molecule has 0 saturated heterocycles. The van der Waals surface area contributed by atoms with Crippen molar-refractivity contribution in [1.29, 1.82) is 5.26 Å². The second-order valence-corrected chi connectivity index (χ2v) is 5.76. The molecule has 102 valence electrons. The normalized spacial score (nSPS) is 19.7. The van der Waals surface area contributed by atoms with Crippen LogP contribution in [0.5, 0.6) is 0 Å². The van der Waals surface area contributed by atoms with Crippen LogP contribution in [-0.4, -0.2) is 24.5 Å². The first-order chi connectivity index (χ1) is 9.07. The Morgan fingerprint density at radius 1 is 1.42 bits per heavy atom. The minimum absolute atomic E-state index is 0.596. The first-order valence-electron chi connectivity index (χ1n) is 7.03. The second kappa shape index (κ2) is 5.73. The molecule has 0 bridgehead atoms. The number of nitrogens with zero attached hydrogens (tertiary/aromatic N) is 2. The van der Waals surface area contributed by atoms with Gasteiger partial charge in [-0.2, -0.15) is 5.26 Å². The van der Waals surface area contributed by atoms with Crippen molar-refractivity contribution in [1.82, 2.24) is 4.90 Å². The molecule has 3 heteroatoms. The first-order valence-corrected chi connectivity index (χ1v) is 7.03. The average molecular weight is 257 g/mol. The number of nitriles is 1. The molecule has 1 aliphatic carbocycles. The number of benzene rings is 1. The summed E-state index contributed by atoms with van der Waals surface area (Å²) in [4.78, 5) is 2.33. The molecule has 2 N–H and O–H groups in total. The van der Waals surface area contributed by atoms with Gasteiger partial charge in [-0.3, -0.25) is 0 Å². The monoisotopic (exact) mass is 257 g/mol. The molecule has 2 rings (SSSR count). The fraction of sp³-hybridized carbons (Fsp3) is 0.562. The third-order valence-corrected chi connectivity index (χ3v) is 4.35. The van der Waals surface area contributed by atoms with Crippen LogP contribution >= 0.6 is 0 Å². The maximum atomic E-state index is 9.42. The quantitative estimate of drug-likeness (QED) is 0.852. The third kappa shape index (κ3) is 3.34. The molecule has 2 unspecified atom stereocenters. The van der Waals surface area contributed by atoms with Gasteiger partial charge in [0, 0.05) is 12.6 Å². The molecular weight excluding hydrogens is 234 g/mol. The van der Waals surface area contributed by atoms with Crippen molar-refractivity contribution in [2.45, 2.75) is 37.8 Å². The molecule has 1 aromatic rings. The molecule has 1 fully saturated rings. The van der Waals surface area contributed by atoms with E-state index in [2.05, 4.69) is 24.9 Å². The van der Waals surface area contributed by atoms with E-state index in [1.54, 1.807) is 0 Å². The van der Waals surface area contributed by atoms with Gasteiger partial charge in [0.2, 0.25) is 0 Å². The van der Waals surface area contributed by atoms with Gasteiger partial charge in [-0.15, -0.1) is 0 Å². The molecule has 0 amide bonds. The van der Waals surface area contributed by atoms with Crippen molar-refractivity contribution >= 4 is 0 Å². The molecular formula is C16H23N3. The molecule has 0 aromatic heterocycles. The predicted molar refractivity (Wildman–Crippen MR) is 77.4 cm³/mol. The Hall–Kier alpha value is -1.37. The highest BCUT2D eigenvalue weighted by Gasteiger charge is 2.32. The lowest BCUT2D eigenvalue weighted by Crippen LogP contribution is -2.41. The Kier molecular flexibility index (Phi) is 4.24. The zero-order valence-electron chi connectivity index (χ0n) is 11.8. The standard InChI is InChI=1S/C16H23N3/c1-13(14-8-9-14)19(2)11-10-16(18,12-17)15-6-4-3-5-7-15/h3-7,13-14H,8-11,18H2,1-2H3. The summed E-state index contributed by atoms with van der Waals surface area (Å²) in [6.45, 7) is 3.13. The molecule has 1 aromatic carbocycles. The number of hydrogen-bond acceptors (Lipinski definition) is 3. The number of hydrogen-bond donors (Lipinski definition) is 1. The molecule has 1 saturated carbocycles. The number of rotatable bonds is 6. The van der Waals surface area contributed by atoms with E-state index in [9.17, 15) is 5.26 Å². The smallest absolute Gasteiger partial charge is 0.131 e. The zero-order chi connectivity index (χ0) is 13.9. The van der Waals surface area contributed by atoms with E-state index in [1.165, 1.54) is 12.8 Å². The van der Waals surface area contributed by atoms with Gasteiger partial charge in [-0.1, -0.05) is 30.3 Å². The van der Waals surface area contributed by atoms with Crippen LogP contribution in [-0.2, 0) is 5.54 Å². The van der Waals surface area contributed by atoms with Crippen LogP contribution in [0.25, 0.3) is 0 Å². The Labute approximate surface area is 116 Å². The topological polar surface area (TPSA) is 53.0 Å². The first kappa shape index (κ1) is 14.0. The zero-order valence-corrected chi connectivity index (χ0v) is 11.8. The molecule has 0 radical (unpaired) electrons. The summed E-state index contributed by atoms with van der Waals surface area (Å²) >= 11 is 0. The summed E-state index contributed by atoms with van der Waals surface area (Å²) in [5.74, 6) is 0.844. The Morgan fingerprint density at radius 3 is 2.58 bits per heavy atom. The highest BCUT2D eigenvalue weighted by molar-refractivity contribution is 5.30. The predicted octanol–water partition coefficient (Wildman–Crippen LogP) is 2.48. The van der Waals surface area contributed by atoms with Crippen molar-refractivity contribution < 1.29 is 0 Å². The van der Waals surface area contributed by atoms with E-state index in [0.717, 1.165) is 18.0 Å². The van der Waals surface area contributed by atoms with E-state index in [0.29, 0.717) is 12.5 Å². The van der Waals surface area contributed by atoms with Gasteiger partial charge < -0.3 is 10.6 Å². The summed E-state index contributed by atoms with van der Waals surface area (Å²) in [5.41, 5.74) is 6.30. The summed E-state index contributed by atoms with van der Waals surface area (Å²) < 4.78 is 0. The molecule has 0 aliphatic heterocycles. The fourth-order valence-corrected chi connectivity index (χ4v) is 2.50. The summed E-state index contributed by atoms with van der Waals surface area (Å²) in [6.07, 6.45) is 3.35. The Bertz CT molecular complexity index is 447.